The van der Waals surface area contributed by atoms with Crippen LogP contribution in [0.1, 0.15) is 277 Å². The van der Waals surface area contributed by atoms with Crippen molar-refractivity contribution >= 4 is 16.3 Å². The highest BCUT2D eigenvalue weighted by Crippen LogP contribution is 2.26. The van der Waals surface area contributed by atoms with Crippen LogP contribution in [0.2, 0.25) is 0 Å². The number of hydrogen-bond donors (Lipinski definition) is 6. The zero-order valence-corrected chi connectivity index (χ0v) is 43.4. The van der Waals surface area contributed by atoms with Gasteiger partial charge in [0.2, 0.25) is 5.91 Å². The molecule has 1 fully saturated rings. The van der Waals surface area contributed by atoms with Crippen molar-refractivity contribution in [1.29, 1.82) is 0 Å². The Balaban J connectivity index is 2.18. The normalized spacial score (nSPS) is 19.9. The fourth-order valence-electron chi connectivity index (χ4n) is 9.35. The van der Waals surface area contributed by atoms with Gasteiger partial charge in [0.05, 0.1) is 25.4 Å². The molecule has 66 heavy (non-hydrogen) atoms. The molecule has 0 aromatic heterocycles. The minimum atomic E-state index is -5.07. The van der Waals surface area contributed by atoms with Crippen LogP contribution in [0.5, 0.6) is 0 Å². The first-order chi connectivity index (χ1) is 32.0. The minimum absolute atomic E-state index is 0.226. The van der Waals surface area contributed by atoms with Gasteiger partial charge in [0.15, 0.2) is 6.29 Å². The van der Waals surface area contributed by atoms with Crippen molar-refractivity contribution in [3.8, 4) is 0 Å². The summed E-state index contributed by atoms with van der Waals surface area (Å²) < 4.78 is 47.7. The molecule has 0 spiro atoms. The number of nitrogens with one attached hydrogen (secondary N) is 1. The van der Waals surface area contributed by atoms with E-state index in [0.717, 1.165) is 51.4 Å². The van der Waals surface area contributed by atoms with Crippen molar-refractivity contribution in [2.75, 3.05) is 13.2 Å². The van der Waals surface area contributed by atoms with Crippen LogP contribution in [0.4, 0.5) is 0 Å². The standard InChI is InChI=1S/C53H105NO11S/c1-3-5-7-9-11-13-14-15-16-17-18-19-20-21-22-23-24-25-26-27-28-29-30-31-32-33-35-37-39-41-43-49(57)54-46(47(56)42-40-38-36-34-12-10-8-6-4-2)45-63-53-51(59)52(65-66(60,61)62)50(58)48(44-55)64-53/h46-48,50-53,55-56,58-59H,3-45H2,1-2H3,(H,54,57)(H,60,61,62). The number of rotatable bonds is 49. The Morgan fingerprint density at radius 1 is 0.545 bits per heavy atom. The van der Waals surface area contributed by atoms with E-state index in [1.165, 1.54) is 199 Å². The lowest BCUT2D eigenvalue weighted by molar-refractivity contribution is -0.298. The maximum absolute atomic E-state index is 13.1. The highest BCUT2D eigenvalue weighted by atomic mass is 32.3. The Bertz CT molecular complexity index is 1180. The number of aliphatic hydroxyl groups is 4. The van der Waals surface area contributed by atoms with Crippen molar-refractivity contribution in [2.24, 2.45) is 0 Å². The van der Waals surface area contributed by atoms with E-state index in [0.29, 0.717) is 12.8 Å². The van der Waals surface area contributed by atoms with E-state index in [1.807, 2.05) is 0 Å². The Kier molecular flexibility index (Phi) is 42.1. The molecule has 1 amide bonds. The van der Waals surface area contributed by atoms with E-state index < -0.39 is 59.9 Å². The van der Waals surface area contributed by atoms with E-state index in [4.69, 9.17) is 9.47 Å². The van der Waals surface area contributed by atoms with Crippen molar-refractivity contribution in [3.63, 3.8) is 0 Å². The highest BCUT2D eigenvalue weighted by Gasteiger charge is 2.48. The summed E-state index contributed by atoms with van der Waals surface area (Å²) in [4.78, 5) is 13.1. The predicted octanol–water partition coefficient (Wildman–Crippen LogP) is 12.5. The monoisotopic (exact) mass is 964 g/mol. The summed E-state index contributed by atoms with van der Waals surface area (Å²) in [6.07, 6.45) is 41.5. The molecule has 0 radical (unpaired) electrons. The Labute approximate surface area is 405 Å². The van der Waals surface area contributed by atoms with E-state index >= 15 is 0 Å². The van der Waals surface area contributed by atoms with E-state index in [9.17, 15) is 38.2 Å². The minimum Gasteiger partial charge on any atom is -0.394 e. The lowest BCUT2D eigenvalue weighted by Crippen LogP contribution is -2.61. The van der Waals surface area contributed by atoms with Crippen LogP contribution in [-0.2, 0) is 28.9 Å². The van der Waals surface area contributed by atoms with Gasteiger partial charge >= 0.3 is 10.4 Å². The van der Waals surface area contributed by atoms with Crippen LogP contribution in [0, 0.1) is 0 Å². The summed E-state index contributed by atoms with van der Waals surface area (Å²) in [7, 11) is -5.07. The molecule has 7 unspecified atom stereocenters. The molecule has 1 aliphatic rings. The first kappa shape index (κ1) is 63.1. The van der Waals surface area contributed by atoms with E-state index in [1.54, 1.807) is 0 Å². The molecule has 0 aromatic carbocycles. The van der Waals surface area contributed by atoms with Crippen LogP contribution < -0.4 is 5.32 Å². The molecule has 394 valence electrons. The molecule has 0 saturated carbocycles. The zero-order chi connectivity index (χ0) is 48.4. The SMILES string of the molecule is CCCCCCCCCCCCCCCCCCCCCCCCCCCCCCCCC(=O)NC(COC1OC(CO)C(O)C(OS(=O)(=O)O)C1O)C(O)CCCCCCCCCCC. The zero-order valence-electron chi connectivity index (χ0n) is 42.5. The van der Waals surface area contributed by atoms with Crippen LogP contribution in [-0.4, -0.2) is 95.4 Å². The molecule has 0 aliphatic carbocycles. The van der Waals surface area contributed by atoms with E-state index in [2.05, 4.69) is 23.3 Å². The van der Waals surface area contributed by atoms with Gasteiger partial charge in [0, 0.05) is 6.42 Å². The maximum atomic E-state index is 13.1. The molecule has 1 heterocycles. The molecular formula is C53H105NO11S. The molecule has 13 heteroatoms. The van der Waals surface area contributed by atoms with Crippen LogP contribution in [0.3, 0.4) is 0 Å². The number of aliphatic hydroxyl groups excluding tert-OH is 4. The van der Waals surface area contributed by atoms with Gasteiger partial charge in [-0.25, -0.2) is 4.18 Å². The first-order valence-corrected chi connectivity index (χ1v) is 29.3. The molecule has 1 saturated heterocycles. The Morgan fingerprint density at radius 3 is 1.21 bits per heavy atom. The quantitative estimate of drug-likeness (QED) is 0.0251. The fourth-order valence-corrected chi connectivity index (χ4v) is 9.85. The third-order valence-corrected chi connectivity index (χ3v) is 14.1. The number of amides is 1. The van der Waals surface area contributed by atoms with Gasteiger partial charge < -0.3 is 35.2 Å². The topological polar surface area (TPSA) is 192 Å². The predicted molar refractivity (Wildman–Crippen MR) is 269 cm³/mol. The van der Waals surface area contributed by atoms with Gasteiger partial charge in [0.25, 0.3) is 0 Å². The smallest absolute Gasteiger partial charge is 0.394 e. The highest BCUT2D eigenvalue weighted by molar-refractivity contribution is 7.80. The molecular weight excluding hydrogens is 859 g/mol. The molecule has 12 nitrogen and oxygen atoms in total. The summed E-state index contributed by atoms with van der Waals surface area (Å²) in [5.41, 5.74) is 0. The summed E-state index contributed by atoms with van der Waals surface area (Å²) >= 11 is 0. The lowest BCUT2D eigenvalue weighted by Gasteiger charge is -2.41. The molecule has 1 aliphatic heterocycles. The second-order valence-corrected chi connectivity index (χ2v) is 20.9. The van der Waals surface area contributed by atoms with Gasteiger partial charge in [0.1, 0.15) is 24.4 Å². The Morgan fingerprint density at radius 2 is 0.879 bits per heavy atom. The van der Waals surface area contributed by atoms with E-state index in [-0.39, 0.29) is 12.5 Å². The Hall–Kier alpha value is -0.900. The molecule has 7 atom stereocenters. The van der Waals surface area contributed by atoms with Gasteiger partial charge in [-0.3, -0.25) is 9.35 Å². The second kappa shape index (κ2) is 44.1. The number of carbonyl (C=O) groups excluding carboxylic acids is 1. The average molecular weight is 964 g/mol. The number of hydrogen-bond acceptors (Lipinski definition) is 10. The molecule has 0 aromatic rings. The first-order valence-electron chi connectivity index (χ1n) is 27.9. The van der Waals surface area contributed by atoms with Gasteiger partial charge in [-0.05, 0) is 12.8 Å². The average Bonchev–Trinajstić information content (AvgIpc) is 3.29. The van der Waals surface area contributed by atoms with Crippen LogP contribution in [0.25, 0.3) is 0 Å². The van der Waals surface area contributed by atoms with Crippen LogP contribution in [0.15, 0.2) is 0 Å². The largest absolute Gasteiger partial charge is 0.397 e. The number of ether oxygens (including phenoxy) is 2. The molecule has 1 rings (SSSR count). The summed E-state index contributed by atoms with van der Waals surface area (Å²) in [5.74, 6) is -0.226. The van der Waals surface area contributed by atoms with Crippen molar-refractivity contribution in [2.45, 2.75) is 320 Å². The fraction of sp³-hybridized carbons (Fsp3) is 0.981. The summed E-state index contributed by atoms with van der Waals surface area (Å²) in [5, 5.41) is 44.8. The van der Waals surface area contributed by atoms with Crippen molar-refractivity contribution in [1.82, 2.24) is 5.32 Å². The van der Waals surface area contributed by atoms with Gasteiger partial charge in [-0.1, -0.05) is 258 Å². The number of carbonyl (C=O) groups is 1. The van der Waals surface area contributed by atoms with Crippen molar-refractivity contribution < 1.29 is 51.8 Å². The maximum Gasteiger partial charge on any atom is 0.397 e. The molecule has 6 N–H and O–H groups in total. The summed E-state index contributed by atoms with van der Waals surface area (Å²) in [6, 6.07) is -0.851. The number of unbranched alkanes of at least 4 members (excludes halogenated alkanes) is 37. The lowest BCUT2D eigenvalue weighted by atomic mass is 9.99. The third-order valence-electron chi connectivity index (χ3n) is 13.7. The van der Waals surface area contributed by atoms with Crippen molar-refractivity contribution in [3.05, 3.63) is 0 Å². The van der Waals surface area contributed by atoms with Gasteiger partial charge in [-0.2, -0.15) is 8.42 Å². The van der Waals surface area contributed by atoms with Crippen LogP contribution >= 0.6 is 0 Å². The third kappa shape index (κ3) is 36.1. The molecule has 0 bridgehead atoms. The summed E-state index contributed by atoms with van der Waals surface area (Å²) in [6.45, 7) is 3.45. The van der Waals surface area contributed by atoms with Gasteiger partial charge in [-0.15, -0.1) is 0 Å². The second-order valence-electron chi connectivity index (χ2n) is 19.9.